The molecule has 0 aliphatic heterocycles. The molecule has 0 unspecified atom stereocenters. The van der Waals surface area contributed by atoms with Crippen molar-refractivity contribution in [3.63, 3.8) is 0 Å². The zero-order valence-corrected chi connectivity index (χ0v) is 10.0. The van der Waals surface area contributed by atoms with Gasteiger partial charge in [0.1, 0.15) is 11.6 Å². The summed E-state index contributed by atoms with van der Waals surface area (Å²) in [6.45, 7) is 3.08. The molecule has 2 N–H and O–H groups in total. The summed E-state index contributed by atoms with van der Waals surface area (Å²) < 4.78 is 12.9. The molecule has 0 radical (unpaired) electrons. The van der Waals surface area contributed by atoms with E-state index >= 15 is 0 Å². The number of halogens is 1. The van der Waals surface area contributed by atoms with E-state index in [0.717, 1.165) is 6.07 Å². The topological polar surface area (TPSA) is 52.6 Å². The summed E-state index contributed by atoms with van der Waals surface area (Å²) in [6, 6.07) is 3.82. The Morgan fingerprint density at radius 1 is 1.47 bits per heavy atom. The number of phenols is 1. The van der Waals surface area contributed by atoms with Gasteiger partial charge in [-0.1, -0.05) is 0 Å². The summed E-state index contributed by atoms with van der Waals surface area (Å²) in [7, 11) is 1.72. The second-order valence-electron chi connectivity index (χ2n) is 3.83. The van der Waals surface area contributed by atoms with Crippen LogP contribution in [0.15, 0.2) is 18.2 Å². The molecule has 1 amide bonds. The van der Waals surface area contributed by atoms with Gasteiger partial charge in [-0.15, -0.1) is 0 Å². The van der Waals surface area contributed by atoms with Crippen LogP contribution >= 0.6 is 0 Å². The van der Waals surface area contributed by atoms with Crippen molar-refractivity contribution in [2.75, 3.05) is 20.1 Å². The quantitative estimate of drug-likeness (QED) is 0.810. The molecule has 4 nitrogen and oxygen atoms in total. The SMILES string of the molecule is CCN(C)C(=O)CNCc1cc(O)cc(F)c1. The first-order chi connectivity index (χ1) is 8.02. The predicted octanol–water partition coefficient (Wildman–Crippen LogP) is 1.10. The van der Waals surface area contributed by atoms with Crippen molar-refractivity contribution in [2.45, 2.75) is 13.5 Å². The lowest BCUT2D eigenvalue weighted by Gasteiger charge is -2.14. The molecule has 1 aromatic carbocycles. The van der Waals surface area contributed by atoms with Crippen LogP contribution in [-0.2, 0) is 11.3 Å². The third-order valence-corrected chi connectivity index (χ3v) is 2.45. The Balaban J connectivity index is 2.43. The van der Waals surface area contributed by atoms with E-state index < -0.39 is 5.82 Å². The van der Waals surface area contributed by atoms with E-state index in [-0.39, 0.29) is 18.2 Å². The molecule has 0 aromatic heterocycles. The lowest BCUT2D eigenvalue weighted by molar-refractivity contribution is -0.128. The lowest BCUT2D eigenvalue weighted by atomic mass is 10.2. The van der Waals surface area contributed by atoms with Crippen molar-refractivity contribution in [2.24, 2.45) is 0 Å². The van der Waals surface area contributed by atoms with Gasteiger partial charge in [0, 0.05) is 26.2 Å². The molecule has 0 fully saturated rings. The number of hydrogen-bond acceptors (Lipinski definition) is 3. The third-order valence-electron chi connectivity index (χ3n) is 2.45. The fraction of sp³-hybridized carbons (Fsp3) is 0.417. The molecule has 0 aliphatic rings. The van der Waals surface area contributed by atoms with Gasteiger partial charge < -0.3 is 15.3 Å². The second-order valence-corrected chi connectivity index (χ2v) is 3.83. The average Bonchev–Trinajstić information content (AvgIpc) is 2.26. The van der Waals surface area contributed by atoms with E-state index in [9.17, 15) is 14.3 Å². The van der Waals surface area contributed by atoms with Crippen molar-refractivity contribution in [1.82, 2.24) is 10.2 Å². The minimum Gasteiger partial charge on any atom is -0.508 e. The smallest absolute Gasteiger partial charge is 0.236 e. The van der Waals surface area contributed by atoms with Gasteiger partial charge in [-0.3, -0.25) is 4.79 Å². The second kappa shape index (κ2) is 6.20. The van der Waals surface area contributed by atoms with Gasteiger partial charge >= 0.3 is 0 Å². The van der Waals surface area contributed by atoms with E-state index in [2.05, 4.69) is 5.32 Å². The summed E-state index contributed by atoms with van der Waals surface area (Å²) in [5.41, 5.74) is 0.606. The number of phenolic OH excluding ortho intramolecular Hbond substituents is 1. The number of benzene rings is 1. The van der Waals surface area contributed by atoms with Crippen LogP contribution in [0.1, 0.15) is 12.5 Å². The fourth-order valence-electron chi connectivity index (χ4n) is 1.36. The van der Waals surface area contributed by atoms with E-state index in [0.29, 0.717) is 18.7 Å². The van der Waals surface area contributed by atoms with Gasteiger partial charge in [-0.05, 0) is 24.6 Å². The van der Waals surface area contributed by atoms with Gasteiger partial charge in [0.15, 0.2) is 0 Å². The number of rotatable bonds is 5. The largest absolute Gasteiger partial charge is 0.508 e. The Labute approximate surface area is 100 Å². The zero-order valence-electron chi connectivity index (χ0n) is 10.0. The highest BCUT2D eigenvalue weighted by Crippen LogP contribution is 2.14. The van der Waals surface area contributed by atoms with Crippen molar-refractivity contribution < 1.29 is 14.3 Å². The Hall–Kier alpha value is -1.62. The van der Waals surface area contributed by atoms with Crippen molar-refractivity contribution in [3.05, 3.63) is 29.6 Å². The fourth-order valence-corrected chi connectivity index (χ4v) is 1.36. The summed E-state index contributed by atoms with van der Waals surface area (Å²) in [5.74, 6) is -0.620. The number of hydrogen-bond donors (Lipinski definition) is 2. The number of aromatic hydroxyl groups is 1. The standard InChI is InChI=1S/C12H17FN2O2/c1-3-15(2)12(17)8-14-7-9-4-10(13)6-11(16)5-9/h4-6,14,16H,3,7-8H2,1-2H3. The lowest BCUT2D eigenvalue weighted by Crippen LogP contribution is -2.35. The molecule has 0 saturated heterocycles. The molecule has 0 saturated carbocycles. The van der Waals surface area contributed by atoms with Gasteiger partial charge in [0.2, 0.25) is 5.91 Å². The van der Waals surface area contributed by atoms with Crippen LogP contribution in [0.5, 0.6) is 5.75 Å². The van der Waals surface area contributed by atoms with Crippen LogP contribution < -0.4 is 5.32 Å². The van der Waals surface area contributed by atoms with Crippen LogP contribution in [0.3, 0.4) is 0 Å². The highest BCUT2D eigenvalue weighted by Gasteiger charge is 2.06. The number of amides is 1. The maximum Gasteiger partial charge on any atom is 0.236 e. The Kier molecular flexibility index (Phi) is 4.90. The minimum absolute atomic E-state index is 0.0203. The maximum absolute atomic E-state index is 12.9. The highest BCUT2D eigenvalue weighted by molar-refractivity contribution is 5.77. The van der Waals surface area contributed by atoms with Crippen molar-refractivity contribution in [1.29, 1.82) is 0 Å². The molecule has 0 heterocycles. The average molecular weight is 240 g/mol. The number of nitrogens with zero attached hydrogens (tertiary/aromatic N) is 1. The minimum atomic E-state index is -0.487. The summed E-state index contributed by atoms with van der Waals surface area (Å²) >= 11 is 0. The number of carbonyl (C=O) groups is 1. The first-order valence-electron chi connectivity index (χ1n) is 5.46. The Morgan fingerprint density at radius 3 is 2.76 bits per heavy atom. The Bertz CT molecular complexity index is 376. The molecule has 5 heteroatoms. The Morgan fingerprint density at radius 2 is 2.18 bits per heavy atom. The zero-order chi connectivity index (χ0) is 12.8. The van der Waals surface area contributed by atoms with Gasteiger partial charge in [0.25, 0.3) is 0 Å². The summed E-state index contributed by atoms with van der Waals surface area (Å²) in [6.07, 6.45) is 0. The molecule has 0 spiro atoms. The first kappa shape index (κ1) is 13.4. The predicted molar refractivity (Wildman–Crippen MR) is 63.1 cm³/mol. The van der Waals surface area contributed by atoms with Crippen molar-refractivity contribution in [3.8, 4) is 5.75 Å². The van der Waals surface area contributed by atoms with E-state index in [1.165, 1.54) is 12.1 Å². The monoisotopic (exact) mass is 240 g/mol. The van der Waals surface area contributed by atoms with E-state index in [1.807, 2.05) is 6.92 Å². The maximum atomic E-state index is 12.9. The number of likely N-dealkylation sites (N-methyl/N-ethyl adjacent to an activating group) is 1. The van der Waals surface area contributed by atoms with Gasteiger partial charge in [-0.2, -0.15) is 0 Å². The van der Waals surface area contributed by atoms with E-state index in [4.69, 9.17) is 0 Å². The molecular formula is C12H17FN2O2. The summed E-state index contributed by atoms with van der Waals surface area (Å²) in [4.78, 5) is 13.0. The van der Waals surface area contributed by atoms with Crippen LogP contribution in [0.25, 0.3) is 0 Å². The van der Waals surface area contributed by atoms with Gasteiger partial charge in [-0.25, -0.2) is 4.39 Å². The summed E-state index contributed by atoms with van der Waals surface area (Å²) in [5, 5.41) is 12.1. The van der Waals surface area contributed by atoms with Gasteiger partial charge in [0.05, 0.1) is 6.54 Å². The van der Waals surface area contributed by atoms with Crippen molar-refractivity contribution >= 4 is 5.91 Å². The van der Waals surface area contributed by atoms with Crippen LogP contribution in [-0.4, -0.2) is 36.1 Å². The molecule has 94 valence electrons. The molecule has 0 aliphatic carbocycles. The van der Waals surface area contributed by atoms with Crippen LogP contribution in [0.4, 0.5) is 4.39 Å². The third kappa shape index (κ3) is 4.40. The molecule has 0 atom stereocenters. The molecular weight excluding hydrogens is 223 g/mol. The van der Waals surface area contributed by atoms with Crippen LogP contribution in [0.2, 0.25) is 0 Å². The van der Waals surface area contributed by atoms with Crippen LogP contribution in [0, 0.1) is 5.82 Å². The molecule has 1 rings (SSSR count). The number of nitrogens with one attached hydrogen (secondary N) is 1. The highest BCUT2D eigenvalue weighted by atomic mass is 19.1. The first-order valence-corrected chi connectivity index (χ1v) is 5.46. The molecule has 17 heavy (non-hydrogen) atoms. The molecule has 1 aromatic rings. The normalized spacial score (nSPS) is 10.3. The van der Waals surface area contributed by atoms with E-state index in [1.54, 1.807) is 11.9 Å². The molecule has 0 bridgehead atoms. The number of carbonyl (C=O) groups excluding carboxylic acids is 1.